The number of anilines is 1. The molecule has 2 heterocycles. The van der Waals surface area contributed by atoms with E-state index in [1.165, 1.54) is 12.8 Å². The van der Waals surface area contributed by atoms with Crippen molar-refractivity contribution >= 4 is 34.8 Å². The molecule has 57 heavy (non-hydrogen) atoms. The molecule has 2 saturated heterocycles. The van der Waals surface area contributed by atoms with Gasteiger partial charge in [0.25, 0.3) is 0 Å². The second-order valence-corrected chi connectivity index (χ2v) is 22.1. The van der Waals surface area contributed by atoms with Gasteiger partial charge in [0.15, 0.2) is 6.29 Å². The molecule has 0 unspecified atom stereocenters. The molecule has 1 aromatic carbocycles. The summed E-state index contributed by atoms with van der Waals surface area (Å²) in [5.74, 6) is 1.56. The Hall–Kier alpha value is -1.43. The van der Waals surface area contributed by atoms with Gasteiger partial charge in [-0.3, -0.25) is 4.79 Å². The van der Waals surface area contributed by atoms with E-state index >= 15 is 0 Å². The van der Waals surface area contributed by atoms with Crippen molar-refractivity contribution in [3.05, 3.63) is 39.9 Å². The molecule has 0 spiro atoms. The lowest BCUT2D eigenvalue weighted by atomic mass is 9.33. The lowest BCUT2D eigenvalue weighted by Crippen LogP contribution is -2.65. The van der Waals surface area contributed by atoms with Crippen LogP contribution in [0.3, 0.4) is 0 Å². The van der Waals surface area contributed by atoms with Gasteiger partial charge in [0.05, 0.1) is 28.4 Å². The van der Waals surface area contributed by atoms with Gasteiger partial charge in [-0.1, -0.05) is 89.4 Å². The predicted octanol–water partition coefficient (Wildman–Crippen LogP) is 7.63. The van der Waals surface area contributed by atoms with E-state index in [4.69, 9.17) is 32.7 Å². The van der Waals surface area contributed by atoms with Crippen molar-refractivity contribution in [2.45, 2.75) is 149 Å². The third kappa shape index (κ3) is 6.39. The normalized spacial score (nSPS) is 46.9. The van der Waals surface area contributed by atoms with Crippen molar-refractivity contribution in [3.8, 4) is 0 Å². The first-order valence-corrected chi connectivity index (χ1v) is 22.6. The van der Waals surface area contributed by atoms with Gasteiger partial charge in [0.1, 0.15) is 24.4 Å². The van der Waals surface area contributed by atoms with Crippen LogP contribution in [-0.4, -0.2) is 101 Å². The highest BCUT2D eigenvalue weighted by Gasteiger charge is 2.68. The molecule has 11 heteroatoms. The van der Waals surface area contributed by atoms with Crippen LogP contribution in [0, 0.1) is 50.2 Å². The van der Waals surface area contributed by atoms with Crippen LogP contribution < -0.4 is 4.90 Å². The number of allylic oxidation sites excluding steroid dienone is 2. The number of carbonyl (C=O) groups excluding carboxylic acids is 1. The zero-order valence-electron chi connectivity index (χ0n) is 35.3. The SMILES string of the molecule is CC1(C)[C@@H](O[C@@H]2O[C@H](CO)[C@@H](O)[C@H](O)[C@H]2O)CC[C@]2(C)[C@H]3CC=C4[C@@H]5C[C@@](C)(C(=O)N6CCN(c7c(Cl)cccc7Cl)CC6)CC[C@]5(C)CC[C@@]4(C)[C@]3(C)CC[C@@H]12. The number of para-hydroxylation sites is 1. The van der Waals surface area contributed by atoms with E-state index in [0.29, 0.717) is 59.9 Å². The Morgan fingerprint density at radius 3 is 2.18 bits per heavy atom. The number of halogens is 2. The number of rotatable bonds is 5. The summed E-state index contributed by atoms with van der Waals surface area (Å²) in [6.45, 7) is 19.4. The van der Waals surface area contributed by atoms with E-state index in [0.717, 1.165) is 57.1 Å². The van der Waals surface area contributed by atoms with Gasteiger partial charge in [-0.2, -0.15) is 0 Å². The third-order valence-electron chi connectivity index (χ3n) is 18.3. The summed E-state index contributed by atoms with van der Waals surface area (Å²) >= 11 is 13.1. The van der Waals surface area contributed by atoms with Gasteiger partial charge < -0.3 is 39.7 Å². The molecular weight excluding hydrogens is 763 g/mol. The molecule has 2 aliphatic heterocycles. The molecule has 4 saturated carbocycles. The molecule has 0 radical (unpaired) electrons. The molecule has 0 aromatic heterocycles. The topological polar surface area (TPSA) is 123 Å². The van der Waals surface area contributed by atoms with E-state index in [1.54, 1.807) is 5.57 Å². The molecule has 9 nitrogen and oxygen atoms in total. The van der Waals surface area contributed by atoms with Gasteiger partial charge >= 0.3 is 0 Å². The smallest absolute Gasteiger partial charge is 0.228 e. The number of benzene rings is 1. The summed E-state index contributed by atoms with van der Waals surface area (Å²) < 4.78 is 12.4. The first kappa shape index (κ1) is 42.3. The van der Waals surface area contributed by atoms with Crippen molar-refractivity contribution in [1.29, 1.82) is 0 Å². The number of piperazine rings is 1. The predicted molar refractivity (Wildman–Crippen MR) is 223 cm³/mol. The molecule has 7 aliphatic rings. The highest BCUT2D eigenvalue weighted by atomic mass is 35.5. The van der Waals surface area contributed by atoms with E-state index < -0.39 is 42.7 Å². The molecular formula is C46H68Cl2N2O7. The minimum atomic E-state index is -1.45. The zero-order valence-corrected chi connectivity index (χ0v) is 36.8. The van der Waals surface area contributed by atoms with Gasteiger partial charge in [-0.15, -0.1) is 0 Å². The van der Waals surface area contributed by atoms with Crippen molar-refractivity contribution in [2.24, 2.45) is 50.2 Å². The number of hydrogen-bond donors (Lipinski definition) is 4. The summed E-state index contributed by atoms with van der Waals surface area (Å²) in [4.78, 5) is 19.0. The largest absolute Gasteiger partial charge is 0.394 e. The Morgan fingerprint density at radius 1 is 0.842 bits per heavy atom. The quantitative estimate of drug-likeness (QED) is 0.177. The lowest BCUT2D eigenvalue weighted by Gasteiger charge is -2.71. The van der Waals surface area contributed by atoms with Crippen LogP contribution in [0.25, 0.3) is 0 Å². The lowest BCUT2D eigenvalue weighted by molar-refractivity contribution is -0.330. The number of aliphatic hydroxyl groups excluding tert-OH is 4. The van der Waals surface area contributed by atoms with Crippen LogP contribution in [0.4, 0.5) is 5.69 Å². The minimum Gasteiger partial charge on any atom is -0.394 e. The second kappa shape index (κ2) is 14.6. The van der Waals surface area contributed by atoms with Gasteiger partial charge in [0.2, 0.25) is 5.91 Å². The maximum Gasteiger partial charge on any atom is 0.228 e. The van der Waals surface area contributed by atoms with Crippen molar-refractivity contribution in [2.75, 3.05) is 37.7 Å². The second-order valence-electron chi connectivity index (χ2n) is 21.3. The highest BCUT2D eigenvalue weighted by molar-refractivity contribution is 6.39. The Balaban J connectivity index is 1.00. The van der Waals surface area contributed by atoms with E-state index in [-0.39, 0.29) is 33.2 Å². The Morgan fingerprint density at radius 2 is 1.51 bits per heavy atom. The maximum atomic E-state index is 14.6. The first-order chi connectivity index (χ1) is 26.7. The Bertz CT molecular complexity index is 1730. The van der Waals surface area contributed by atoms with Crippen LogP contribution in [-0.2, 0) is 14.3 Å². The average Bonchev–Trinajstić information content (AvgIpc) is 3.17. The summed E-state index contributed by atoms with van der Waals surface area (Å²) in [7, 11) is 0. The van der Waals surface area contributed by atoms with Crippen molar-refractivity contribution in [3.63, 3.8) is 0 Å². The number of nitrogens with zero attached hydrogens (tertiary/aromatic N) is 2. The average molecular weight is 832 g/mol. The Kier molecular flexibility index (Phi) is 10.8. The van der Waals surface area contributed by atoms with Gasteiger partial charge in [0, 0.05) is 31.6 Å². The summed E-state index contributed by atoms with van der Waals surface area (Å²) in [6.07, 6.45) is 6.42. The molecule has 4 N–H and O–H groups in total. The van der Waals surface area contributed by atoms with E-state index in [1.807, 2.05) is 18.2 Å². The van der Waals surface area contributed by atoms with E-state index in [9.17, 15) is 25.2 Å². The molecule has 1 aromatic rings. The standard InChI is InChI=1S/C46H68Cl2N2O7/c1-41(2)32-13-16-46(7)33(44(32,5)15-14-34(41)57-39-38(54)37(53)36(52)31(26-51)56-39)12-11-27-28-25-43(4,18-17-42(28,3)19-20-45(27,46)6)40(55)50-23-21-49(22-24-50)35-29(47)9-8-10-30(35)48/h8-11,28,31-34,36-39,51-54H,12-26H2,1-7H3/t28-,31+,32-,33+,34-,36+,37-,38+,39-,42+,43-,44-,45+,46+/m0/s1. The van der Waals surface area contributed by atoms with Gasteiger partial charge in [-0.25, -0.2) is 0 Å². The fourth-order valence-corrected chi connectivity index (χ4v) is 15.1. The third-order valence-corrected chi connectivity index (χ3v) is 18.9. The molecule has 0 bridgehead atoms. The number of carbonyl (C=O) groups is 1. The fourth-order valence-electron chi connectivity index (χ4n) is 14.4. The molecule has 6 fully saturated rings. The number of hydrogen-bond acceptors (Lipinski definition) is 8. The van der Waals surface area contributed by atoms with Gasteiger partial charge in [-0.05, 0) is 121 Å². The maximum absolute atomic E-state index is 14.6. The van der Waals surface area contributed by atoms with E-state index in [2.05, 4.69) is 64.3 Å². The molecule has 8 rings (SSSR count). The van der Waals surface area contributed by atoms with Crippen molar-refractivity contribution < 1.29 is 34.7 Å². The molecule has 14 atom stereocenters. The first-order valence-electron chi connectivity index (χ1n) is 21.9. The van der Waals surface area contributed by atoms with Crippen LogP contribution in [0.2, 0.25) is 10.0 Å². The van der Waals surface area contributed by atoms with Crippen LogP contribution in [0.5, 0.6) is 0 Å². The number of fused-ring (bicyclic) bond motifs is 7. The number of aliphatic hydroxyl groups is 4. The minimum absolute atomic E-state index is 0.0447. The molecule has 5 aliphatic carbocycles. The Labute approximate surface area is 350 Å². The summed E-state index contributed by atoms with van der Waals surface area (Å²) in [6, 6.07) is 5.63. The zero-order chi connectivity index (χ0) is 41.1. The van der Waals surface area contributed by atoms with Crippen molar-refractivity contribution in [1.82, 2.24) is 4.90 Å². The number of amides is 1. The summed E-state index contributed by atoms with van der Waals surface area (Å²) in [5, 5.41) is 42.8. The van der Waals surface area contributed by atoms with Crippen LogP contribution in [0.15, 0.2) is 29.8 Å². The number of ether oxygens (including phenoxy) is 2. The van der Waals surface area contributed by atoms with Crippen LogP contribution >= 0.6 is 23.2 Å². The van der Waals surface area contributed by atoms with Crippen LogP contribution in [0.1, 0.15) is 113 Å². The highest BCUT2D eigenvalue weighted by Crippen LogP contribution is 2.76. The summed E-state index contributed by atoms with van der Waals surface area (Å²) in [5.41, 5.74) is 2.28. The monoisotopic (exact) mass is 830 g/mol. The molecule has 318 valence electrons. The molecule has 1 amide bonds. The fraction of sp³-hybridized carbons (Fsp3) is 0.804.